The Labute approximate surface area is 251 Å². The maximum atomic E-state index is 12.7. The number of aromatic nitrogens is 2. The highest BCUT2D eigenvalue weighted by Crippen LogP contribution is 2.25. The molecule has 7 nitrogen and oxygen atoms in total. The summed E-state index contributed by atoms with van der Waals surface area (Å²) in [5.41, 5.74) is 1.91. The third-order valence-corrected chi connectivity index (χ3v) is 8.54. The van der Waals surface area contributed by atoms with Crippen molar-refractivity contribution in [1.29, 1.82) is 0 Å². The van der Waals surface area contributed by atoms with E-state index in [4.69, 9.17) is 9.47 Å². The van der Waals surface area contributed by atoms with Crippen molar-refractivity contribution in [3.8, 4) is 16.9 Å². The summed E-state index contributed by atoms with van der Waals surface area (Å²) in [5, 5.41) is 0.810. The Balaban J connectivity index is 1.33. The molecule has 0 aliphatic carbocycles. The van der Waals surface area contributed by atoms with Crippen LogP contribution >= 0.6 is 11.8 Å². The van der Waals surface area contributed by atoms with Crippen LogP contribution in [0.1, 0.15) is 104 Å². The highest BCUT2D eigenvalue weighted by molar-refractivity contribution is 7.99. The Morgan fingerprint density at radius 1 is 0.805 bits per heavy atom. The van der Waals surface area contributed by atoms with Crippen LogP contribution in [-0.2, 0) is 9.53 Å². The van der Waals surface area contributed by atoms with Crippen molar-refractivity contribution in [1.82, 2.24) is 14.9 Å². The van der Waals surface area contributed by atoms with E-state index in [9.17, 15) is 9.59 Å². The second kappa shape index (κ2) is 19.5. The highest BCUT2D eigenvalue weighted by Gasteiger charge is 2.29. The van der Waals surface area contributed by atoms with Crippen molar-refractivity contribution in [2.45, 2.75) is 109 Å². The molecule has 0 N–H and O–H groups in total. The Hall–Kier alpha value is -2.61. The normalized spacial score (nSPS) is 13.8. The van der Waals surface area contributed by atoms with Crippen LogP contribution in [0.4, 0.5) is 4.79 Å². The van der Waals surface area contributed by atoms with Crippen LogP contribution in [0.15, 0.2) is 41.8 Å². The summed E-state index contributed by atoms with van der Waals surface area (Å²) in [6.07, 6.45) is 19.3. The van der Waals surface area contributed by atoms with E-state index in [1.807, 2.05) is 36.7 Å². The van der Waals surface area contributed by atoms with Crippen molar-refractivity contribution in [3.63, 3.8) is 0 Å². The zero-order valence-electron chi connectivity index (χ0n) is 25.2. The Bertz CT molecular complexity index is 1010. The Morgan fingerprint density at radius 2 is 1.39 bits per heavy atom. The SMILES string of the molecule is CCCCCCCCOC(=O)N1CCC(C(=O)Oc2ccc(-c3cnc(SCCCCCCCC)nc3)cc2)CC1. The van der Waals surface area contributed by atoms with Crippen LogP contribution in [-0.4, -0.2) is 52.4 Å². The van der Waals surface area contributed by atoms with Crippen LogP contribution in [0.5, 0.6) is 5.75 Å². The lowest BCUT2D eigenvalue weighted by atomic mass is 9.97. The molecule has 0 bridgehead atoms. The topological polar surface area (TPSA) is 81.6 Å². The average molecular weight is 584 g/mol. The van der Waals surface area contributed by atoms with E-state index in [0.29, 0.717) is 38.3 Å². The maximum absolute atomic E-state index is 12.7. The summed E-state index contributed by atoms with van der Waals surface area (Å²) in [6.45, 7) is 5.95. The summed E-state index contributed by atoms with van der Waals surface area (Å²) >= 11 is 1.71. The molecule has 1 aliphatic rings. The van der Waals surface area contributed by atoms with Crippen molar-refractivity contribution >= 4 is 23.8 Å². The van der Waals surface area contributed by atoms with Gasteiger partial charge in [0.25, 0.3) is 0 Å². The molecule has 1 aliphatic heterocycles. The number of nitrogens with zero attached hydrogens (tertiary/aromatic N) is 3. The molecular weight excluding hydrogens is 534 g/mol. The highest BCUT2D eigenvalue weighted by atomic mass is 32.2. The zero-order valence-corrected chi connectivity index (χ0v) is 26.0. The van der Waals surface area contributed by atoms with Gasteiger partial charge in [-0.25, -0.2) is 14.8 Å². The molecule has 41 heavy (non-hydrogen) atoms. The first-order valence-electron chi connectivity index (χ1n) is 15.8. The lowest BCUT2D eigenvalue weighted by Crippen LogP contribution is -2.41. The summed E-state index contributed by atoms with van der Waals surface area (Å²) in [6, 6.07) is 7.46. The number of carbonyl (C=O) groups is 2. The van der Waals surface area contributed by atoms with Crippen molar-refractivity contribution in [2.75, 3.05) is 25.4 Å². The standard InChI is InChI=1S/C33H49N3O4S/c1-3-5-7-9-11-13-23-39-33(38)36-21-19-28(20-22-36)31(37)40-30-17-15-27(16-18-30)29-25-34-32(35-26-29)41-24-14-12-10-8-6-4-2/h15-18,25-26,28H,3-14,19-24H2,1-2H3. The van der Waals surface area contributed by atoms with E-state index in [-0.39, 0.29) is 18.0 Å². The number of rotatable bonds is 18. The van der Waals surface area contributed by atoms with Gasteiger partial charge in [0.05, 0.1) is 12.5 Å². The van der Waals surface area contributed by atoms with E-state index in [2.05, 4.69) is 23.8 Å². The van der Waals surface area contributed by atoms with E-state index in [1.165, 1.54) is 64.2 Å². The zero-order chi connectivity index (χ0) is 29.1. The first-order valence-corrected chi connectivity index (χ1v) is 16.8. The summed E-state index contributed by atoms with van der Waals surface area (Å²) in [4.78, 5) is 35.8. The van der Waals surface area contributed by atoms with E-state index >= 15 is 0 Å². The summed E-state index contributed by atoms with van der Waals surface area (Å²) < 4.78 is 11.1. The minimum absolute atomic E-state index is 0.216. The number of esters is 1. The van der Waals surface area contributed by atoms with Gasteiger partial charge in [-0.3, -0.25) is 4.79 Å². The second-order valence-corrected chi connectivity index (χ2v) is 12.0. The van der Waals surface area contributed by atoms with Crippen molar-refractivity contribution in [2.24, 2.45) is 5.92 Å². The first kappa shape index (κ1) is 32.9. The molecule has 1 saturated heterocycles. The number of hydrogen-bond acceptors (Lipinski definition) is 7. The van der Waals surface area contributed by atoms with Gasteiger partial charge in [0.1, 0.15) is 5.75 Å². The molecule has 2 heterocycles. The molecule has 2 aromatic rings. The number of benzene rings is 1. The number of unbranched alkanes of at least 4 members (excludes halogenated alkanes) is 10. The smallest absolute Gasteiger partial charge is 0.409 e. The molecule has 226 valence electrons. The largest absolute Gasteiger partial charge is 0.449 e. The van der Waals surface area contributed by atoms with Gasteiger partial charge in [-0.05, 0) is 43.4 Å². The van der Waals surface area contributed by atoms with Crippen LogP contribution in [0.2, 0.25) is 0 Å². The molecule has 1 aromatic carbocycles. The number of carbonyl (C=O) groups excluding carboxylic acids is 2. The van der Waals surface area contributed by atoms with Gasteiger partial charge in [0, 0.05) is 36.8 Å². The number of hydrogen-bond donors (Lipinski definition) is 0. The van der Waals surface area contributed by atoms with Gasteiger partial charge in [-0.2, -0.15) is 0 Å². The van der Waals surface area contributed by atoms with Crippen LogP contribution in [0, 0.1) is 5.92 Å². The van der Waals surface area contributed by atoms with Gasteiger partial charge >= 0.3 is 12.1 Å². The van der Waals surface area contributed by atoms with Crippen LogP contribution < -0.4 is 4.74 Å². The van der Waals surface area contributed by atoms with Gasteiger partial charge in [0.2, 0.25) is 0 Å². The number of thioether (sulfide) groups is 1. The molecule has 1 aromatic heterocycles. The Kier molecular flexibility index (Phi) is 15.6. The lowest BCUT2D eigenvalue weighted by Gasteiger charge is -2.30. The quantitative estimate of drug-likeness (QED) is 0.0570. The molecule has 0 unspecified atom stereocenters. The molecule has 8 heteroatoms. The minimum Gasteiger partial charge on any atom is -0.449 e. The van der Waals surface area contributed by atoms with E-state index in [1.54, 1.807) is 16.7 Å². The van der Waals surface area contributed by atoms with Gasteiger partial charge in [-0.15, -0.1) is 0 Å². The number of piperidine rings is 1. The predicted octanol–water partition coefficient (Wildman–Crippen LogP) is 8.71. The molecule has 3 rings (SSSR count). The van der Waals surface area contributed by atoms with Crippen molar-refractivity contribution < 1.29 is 19.1 Å². The lowest BCUT2D eigenvalue weighted by molar-refractivity contribution is -0.140. The van der Waals surface area contributed by atoms with Gasteiger partial charge < -0.3 is 14.4 Å². The molecule has 0 radical (unpaired) electrons. The molecule has 0 spiro atoms. The minimum atomic E-state index is -0.269. The fraction of sp³-hybridized carbons (Fsp3) is 0.636. The molecule has 1 fully saturated rings. The average Bonchev–Trinajstić information content (AvgIpc) is 3.01. The molecule has 0 atom stereocenters. The number of ether oxygens (including phenoxy) is 2. The van der Waals surface area contributed by atoms with Gasteiger partial charge in [-0.1, -0.05) is 102 Å². The van der Waals surface area contributed by atoms with Crippen LogP contribution in [0.25, 0.3) is 11.1 Å². The second-order valence-electron chi connectivity index (χ2n) is 11.0. The fourth-order valence-electron chi connectivity index (χ4n) is 4.93. The van der Waals surface area contributed by atoms with Gasteiger partial charge in [0.15, 0.2) is 5.16 Å². The summed E-state index contributed by atoms with van der Waals surface area (Å²) in [7, 11) is 0. The third-order valence-electron chi connectivity index (χ3n) is 7.57. The number of amides is 1. The fourth-order valence-corrected chi connectivity index (χ4v) is 5.72. The third kappa shape index (κ3) is 12.4. The predicted molar refractivity (Wildman–Crippen MR) is 166 cm³/mol. The maximum Gasteiger partial charge on any atom is 0.409 e. The molecule has 1 amide bonds. The van der Waals surface area contributed by atoms with Crippen molar-refractivity contribution in [3.05, 3.63) is 36.7 Å². The summed E-state index contributed by atoms with van der Waals surface area (Å²) in [5.74, 6) is 1.11. The monoisotopic (exact) mass is 583 g/mol. The van der Waals surface area contributed by atoms with E-state index < -0.39 is 0 Å². The number of likely N-dealkylation sites (tertiary alicyclic amines) is 1. The first-order chi connectivity index (χ1) is 20.1. The Morgan fingerprint density at radius 3 is 2.02 bits per heavy atom. The van der Waals surface area contributed by atoms with Crippen LogP contribution in [0.3, 0.4) is 0 Å². The molecule has 0 saturated carbocycles. The van der Waals surface area contributed by atoms with E-state index in [0.717, 1.165) is 34.9 Å². The molecular formula is C33H49N3O4S.